The molecule has 2 saturated heterocycles. The topological polar surface area (TPSA) is 93.1 Å². The Bertz CT molecular complexity index is 353. The number of amides is 3. The fourth-order valence-electron chi connectivity index (χ4n) is 2.75. The van der Waals surface area contributed by atoms with Crippen LogP contribution >= 0.6 is 0 Å². The summed E-state index contributed by atoms with van der Waals surface area (Å²) >= 11 is 0. The van der Waals surface area contributed by atoms with Crippen LogP contribution in [0.25, 0.3) is 0 Å². The first-order valence-corrected chi connectivity index (χ1v) is 6.71. The molecule has 19 heavy (non-hydrogen) atoms. The second kappa shape index (κ2) is 5.85. The molecule has 7 nitrogen and oxygen atoms in total. The number of aliphatic hydroxyl groups excluding tert-OH is 2. The summed E-state index contributed by atoms with van der Waals surface area (Å²) in [6.45, 7) is 2.33. The summed E-state index contributed by atoms with van der Waals surface area (Å²) < 4.78 is 0. The Morgan fingerprint density at radius 2 is 1.79 bits per heavy atom. The van der Waals surface area contributed by atoms with E-state index in [1.807, 2.05) is 0 Å². The molecule has 0 aromatic rings. The standard InChI is InChI=1S/C12H21N3O4/c16-8-1-4-15-10(18)12(13-11(15)19)2-5-14(6-3-12)7-9-17/h16-17H,1-9H2,(H,13,19). The zero-order valence-electron chi connectivity index (χ0n) is 11.0. The van der Waals surface area contributed by atoms with Gasteiger partial charge in [-0.1, -0.05) is 0 Å². The number of hydrogen-bond acceptors (Lipinski definition) is 5. The third kappa shape index (κ3) is 2.72. The van der Waals surface area contributed by atoms with Gasteiger partial charge in [0.1, 0.15) is 5.54 Å². The maximum Gasteiger partial charge on any atom is 0.325 e. The Morgan fingerprint density at radius 3 is 2.37 bits per heavy atom. The van der Waals surface area contributed by atoms with E-state index in [4.69, 9.17) is 10.2 Å². The number of nitrogens with zero attached hydrogens (tertiary/aromatic N) is 2. The molecule has 7 heteroatoms. The number of piperidine rings is 1. The van der Waals surface area contributed by atoms with E-state index in [9.17, 15) is 9.59 Å². The van der Waals surface area contributed by atoms with Gasteiger partial charge >= 0.3 is 6.03 Å². The average Bonchev–Trinajstić information content (AvgIpc) is 2.63. The van der Waals surface area contributed by atoms with Gasteiger partial charge in [-0.2, -0.15) is 0 Å². The molecule has 1 spiro atoms. The molecule has 0 aromatic carbocycles. The lowest BCUT2D eigenvalue weighted by molar-refractivity contribution is -0.133. The van der Waals surface area contributed by atoms with Crippen LogP contribution in [0.3, 0.4) is 0 Å². The molecule has 0 saturated carbocycles. The predicted molar refractivity (Wildman–Crippen MR) is 67.4 cm³/mol. The highest BCUT2D eigenvalue weighted by molar-refractivity contribution is 6.07. The lowest BCUT2D eigenvalue weighted by atomic mass is 9.87. The summed E-state index contributed by atoms with van der Waals surface area (Å²) in [6.07, 6.45) is 1.56. The first kappa shape index (κ1) is 14.2. The molecule has 2 heterocycles. The molecule has 3 N–H and O–H groups in total. The van der Waals surface area contributed by atoms with Crippen molar-refractivity contribution in [1.29, 1.82) is 0 Å². The molecule has 3 amide bonds. The van der Waals surface area contributed by atoms with E-state index >= 15 is 0 Å². The quantitative estimate of drug-likeness (QED) is 0.543. The van der Waals surface area contributed by atoms with E-state index in [0.717, 1.165) is 0 Å². The SMILES string of the molecule is O=C1NC2(CCN(CCO)CC2)C(=O)N1CCCO. The van der Waals surface area contributed by atoms with Crippen molar-refractivity contribution in [3.8, 4) is 0 Å². The van der Waals surface area contributed by atoms with Crippen LogP contribution in [0.2, 0.25) is 0 Å². The number of hydrogen-bond donors (Lipinski definition) is 3. The van der Waals surface area contributed by atoms with Gasteiger partial charge < -0.3 is 20.4 Å². The normalized spacial score (nSPS) is 23.2. The first-order valence-electron chi connectivity index (χ1n) is 6.71. The Morgan fingerprint density at radius 1 is 1.11 bits per heavy atom. The van der Waals surface area contributed by atoms with Gasteiger partial charge in [-0.05, 0) is 19.3 Å². The highest BCUT2D eigenvalue weighted by atomic mass is 16.3. The zero-order chi connectivity index (χ0) is 13.9. The fraction of sp³-hybridized carbons (Fsp3) is 0.833. The number of urea groups is 1. The van der Waals surface area contributed by atoms with Crippen LogP contribution in [0.1, 0.15) is 19.3 Å². The van der Waals surface area contributed by atoms with Gasteiger partial charge in [0.05, 0.1) is 6.61 Å². The van der Waals surface area contributed by atoms with E-state index in [1.54, 1.807) is 0 Å². The summed E-state index contributed by atoms with van der Waals surface area (Å²) in [4.78, 5) is 27.5. The predicted octanol–water partition coefficient (Wildman–Crippen LogP) is -1.25. The van der Waals surface area contributed by atoms with Gasteiger partial charge in [-0.25, -0.2) is 4.79 Å². The van der Waals surface area contributed by atoms with Crippen LogP contribution in [0, 0.1) is 0 Å². The number of carbonyl (C=O) groups excluding carboxylic acids is 2. The summed E-state index contributed by atoms with van der Waals surface area (Å²) in [5.74, 6) is -0.172. The number of aliphatic hydroxyl groups is 2. The molecule has 2 aliphatic heterocycles. The molecule has 0 aromatic heterocycles. The molecule has 0 atom stereocenters. The van der Waals surface area contributed by atoms with Crippen LogP contribution < -0.4 is 5.32 Å². The molecule has 0 aliphatic carbocycles. The largest absolute Gasteiger partial charge is 0.396 e. The lowest BCUT2D eigenvalue weighted by Crippen LogP contribution is -2.55. The smallest absolute Gasteiger partial charge is 0.325 e. The van der Waals surface area contributed by atoms with Crippen LogP contribution in [0.4, 0.5) is 4.79 Å². The van der Waals surface area contributed by atoms with Crippen molar-refractivity contribution in [2.24, 2.45) is 0 Å². The fourth-order valence-corrected chi connectivity index (χ4v) is 2.75. The summed E-state index contributed by atoms with van der Waals surface area (Å²) in [6, 6.07) is -0.353. The molecule has 108 valence electrons. The Hall–Kier alpha value is -1.18. The van der Waals surface area contributed by atoms with Gasteiger partial charge in [0, 0.05) is 32.8 Å². The maximum absolute atomic E-state index is 12.4. The molecule has 2 fully saturated rings. The molecular formula is C12H21N3O4. The van der Waals surface area contributed by atoms with Crippen LogP contribution in [0.15, 0.2) is 0 Å². The van der Waals surface area contributed by atoms with Crippen molar-refractivity contribution in [2.45, 2.75) is 24.8 Å². The zero-order valence-corrected chi connectivity index (χ0v) is 11.0. The maximum atomic E-state index is 12.4. The van der Waals surface area contributed by atoms with Crippen molar-refractivity contribution in [3.05, 3.63) is 0 Å². The van der Waals surface area contributed by atoms with Crippen molar-refractivity contribution in [3.63, 3.8) is 0 Å². The molecular weight excluding hydrogens is 250 g/mol. The first-order chi connectivity index (χ1) is 9.13. The van der Waals surface area contributed by atoms with Crippen molar-refractivity contribution in [1.82, 2.24) is 15.1 Å². The van der Waals surface area contributed by atoms with Crippen molar-refractivity contribution in [2.75, 3.05) is 39.4 Å². The Labute approximate surface area is 112 Å². The summed E-state index contributed by atoms with van der Waals surface area (Å²) in [5.41, 5.74) is -0.765. The minimum atomic E-state index is -0.765. The summed E-state index contributed by atoms with van der Waals surface area (Å²) in [7, 11) is 0. The van der Waals surface area contributed by atoms with Crippen LogP contribution in [-0.2, 0) is 4.79 Å². The Balaban J connectivity index is 1.98. The van der Waals surface area contributed by atoms with Gasteiger partial charge in [0.25, 0.3) is 5.91 Å². The second-order valence-corrected chi connectivity index (χ2v) is 5.11. The van der Waals surface area contributed by atoms with Gasteiger partial charge in [0.15, 0.2) is 0 Å². The van der Waals surface area contributed by atoms with Crippen molar-refractivity contribution < 1.29 is 19.8 Å². The second-order valence-electron chi connectivity index (χ2n) is 5.11. The number of carbonyl (C=O) groups is 2. The molecule has 2 aliphatic rings. The van der Waals surface area contributed by atoms with E-state index in [0.29, 0.717) is 38.9 Å². The number of nitrogens with one attached hydrogen (secondary N) is 1. The number of β-amino-alcohol motifs (C(OH)–C–C–N with tert-alkyl or cyclic N) is 1. The summed E-state index contributed by atoms with van der Waals surface area (Å²) in [5, 5.41) is 20.5. The molecule has 0 unspecified atom stereocenters. The third-order valence-electron chi connectivity index (χ3n) is 3.91. The molecule has 0 radical (unpaired) electrons. The van der Waals surface area contributed by atoms with Gasteiger partial charge in [0.2, 0.25) is 0 Å². The lowest BCUT2D eigenvalue weighted by Gasteiger charge is -2.37. The van der Waals surface area contributed by atoms with E-state index in [1.165, 1.54) is 4.90 Å². The minimum absolute atomic E-state index is 0.0334. The molecule has 2 rings (SSSR count). The number of imide groups is 1. The van der Waals surface area contributed by atoms with E-state index in [2.05, 4.69) is 10.2 Å². The van der Waals surface area contributed by atoms with E-state index in [-0.39, 0.29) is 31.7 Å². The van der Waals surface area contributed by atoms with Gasteiger partial charge in [-0.15, -0.1) is 0 Å². The van der Waals surface area contributed by atoms with Crippen LogP contribution in [0.5, 0.6) is 0 Å². The monoisotopic (exact) mass is 271 g/mol. The number of rotatable bonds is 5. The number of likely N-dealkylation sites (tertiary alicyclic amines) is 1. The highest BCUT2D eigenvalue weighted by Gasteiger charge is 2.51. The third-order valence-corrected chi connectivity index (χ3v) is 3.91. The highest BCUT2D eigenvalue weighted by Crippen LogP contribution is 2.29. The molecule has 0 bridgehead atoms. The van der Waals surface area contributed by atoms with Crippen LogP contribution in [-0.4, -0.2) is 76.9 Å². The average molecular weight is 271 g/mol. The van der Waals surface area contributed by atoms with Crippen molar-refractivity contribution >= 4 is 11.9 Å². The minimum Gasteiger partial charge on any atom is -0.396 e. The Kier molecular flexibility index (Phi) is 4.38. The van der Waals surface area contributed by atoms with Gasteiger partial charge in [-0.3, -0.25) is 9.69 Å². The van der Waals surface area contributed by atoms with E-state index < -0.39 is 5.54 Å².